The van der Waals surface area contributed by atoms with Gasteiger partial charge >= 0.3 is 24.2 Å². The normalized spacial score (nSPS) is 13.6. The van der Waals surface area contributed by atoms with Gasteiger partial charge in [0.15, 0.2) is 11.6 Å². The van der Waals surface area contributed by atoms with Crippen molar-refractivity contribution in [3.8, 4) is 11.5 Å². The van der Waals surface area contributed by atoms with Gasteiger partial charge in [0.05, 0.1) is 0 Å². The van der Waals surface area contributed by atoms with Crippen LogP contribution in [-0.2, 0) is 19.2 Å². The second-order valence-corrected chi connectivity index (χ2v) is 12.7. The molecule has 2 saturated carbocycles. The molecule has 0 amide bonds. The summed E-state index contributed by atoms with van der Waals surface area (Å²) in [5.74, 6) is -3.50. The molecule has 2 aliphatic carbocycles. The summed E-state index contributed by atoms with van der Waals surface area (Å²) < 4.78 is 20.7. The molecule has 12 heteroatoms. The number of carbonyl (C=O) groups excluding carboxylic acids is 6. The quantitative estimate of drug-likeness (QED) is 0.0324. The number of hydrogen-bond donors (Lipinski definition) is 0. The summed E-state index contributed by atoms with van der Waals surface area (Å²) in [5.41, 5.74) is -0.377. The first-order chi connectivity index (χ1) is 24.2. The Bertz CT molecular complexity index is 1410. The average Bonchev–Trinajstić information content (AvgIpc) is 4.05. The fraction of sp³-hybridized carbons (Fsp3) is 0.526. The van der Waals surface area contributed by atoms with E-state index in [1.54, 1.807) is 0 Å². The molecule has 2 aromatic rings. The van der Waals surface area contributed by atoms with Crippen molar-refractivity contribution in [3.05, 3.63) is 58.7 Å². The molecule has 0 unspecified atom stereocenters. The smallest absolute Gasteiger partial charge is 0.431 e. The lowest BCUT2D eigenvalue weighted by Gasteiger charge is -2.12. The lowest BCUT2D eigenvalue weighted by molar-refractivity contribution is -0.187. The Morgan fingerprint density at radius 3 is 1.28 bits per heavy atom. The van der Waals surface area contributed by atoms with Gasteiger partial charge in [-0.15, -0.1) is 0 Å². The number of benzene rings is 2. The molecular weight excluding hydrogens is 648 g/mol. The van der Waals surface area contributed by atoms with Crippen LogP contribution in [0.5, 0.6) is 11.5 Å². The molecule has 270 valence electrons. The third-order valence-electron chi connectivity index (χ3n) is 8.21. The molecule has 0 heterocycles. The van der Waals surface area contributed by atoms with E-state index in [-0.39, 0.29) is 70.4 Å². The largest absolute Gasteiger partial charge is 0.514 e. The average molecular weight is 695 g/mol. The predicted molar refractivity (Wildman–Crippen MR) is 179 cm³/mol. The van der Waals surface area contributed by atoms with Crippen molar-refractivity contribution in [2.75, 3.05) is 0 Å². The summed E-state index contributed by atoms with van der Waals surface area (Å²) in [5, 5.41) is 0. The van der Waals surface area contributed by atoms with Crippen molar-refractivity contribution in [3.63, 3.8) is 0 Å². The van der Waals surface area contributed by atoms with Crippen molar-refractivity contribution >= 4 is 35.8 Å². The van der Waals surface area contributed by atoms with Crippen molar-refractivity contribution < 1.29 is 57.5 Å². The molecule has 0 aromatic heterocycles. The highest BCUT2D eigenvalue weighted by Gasteiger charge is 2.30. The van der Waals surface area contributed by atoms with Gasteiger partial charge in [-0.05, 0) is 74.9 Å². The first-order valence-electron chi connectivity index (χ1n) is 17.7. The third kappa shape index (κ3) is 12.6. The van der Waals surface area contributed by atoms with Crippen LogP contribution in [0, 0.1) is 0 Å². The fourth-order valence-corrected chi connectivity index (χ4v) is 5.01. The van der Waals surface area contributed by atoms with Crippen molar-refractivity contribution in [1.29, 1.82) is 0 Å². The summed E-state index contributed by atoms with van der Waals surface area (Å²) in [4.78, 5) is 86.8. The minimum atomic E-state index is -1.25. The van der Waals surface area contributed by atoms with Crippen molar-refractivity contribution in [2.45, 2.75) is 129 Å². The van der Waals surface area contributed by atoms with Crippen molar-refractivity contribution in [2.24, 2.45) is 0 Å². The van der Waals surface area contributed by atoms with Gasteiger partial charge in [0.25, 0.3) is 0 Å². The minimum absolute atomic E-state index is 0.174. The lowest BCUT2D eigenvalue weighted by Crippen LogP contribution is -2.18. The Kier molecular flexibility index (Phi) is 14.8. The standard InChI is InChI=1S/C38H46O12/c1-3-5-7-9-11-13-31(39)25-15-21-33(47-37(43)45-27-17-18-27)29(23-25)35(41)49-50-36(42)30-24-26(32(40)14-12-10-8-6-4-2)16-22-34(30)48-38(44)46-28-19-20-28/h15-16,21-24,27-28H,3-14,17-20H2,1-2H3. The Balaban J connectivity index is 1.49. The monoisotopic (exact) mass is 694 g/mol. The van der Waals surface area contributed by atoms with Crippen LogP contribution in [0.3, 0.4) is 0 Å². The minimum Gasteiger partial charge on any atom is -0.431 e. The molecule has 0 N–H and O–H groups in total. The third-order valence-corrected chi connectivity index (χ3v) is 8.21. The van der Waals surface area contributed by atoms with E-state index in [2.05, 4.69) is 13.8 Å². The van der Waals surface area contributed by atoms with Crippen molar-refractivity contribution in [1.82, 2.24) is 0 Å². The van der Waals surface area contributed by atoms with Gasteiger partial charge in [-0.3, -0.25) is 9.59 Å². The molecule has 2 aromatic carbocycles. The first kappa shape index (κ1) is 38.1. The predicted octanol–water partition coefficient (Wildman–Crippen LogP) is 9.06. The van der Waals surface area contributed by atoms with Crippen LogP contribution < -0.4 is 9.47 Å². The van der Waals surface area contributed by atoms with E-state index < -0.39 is 24.2 Å². The molecule has 0 radical (unpaired) electrons. The fourth-order valence-electron chi connectivity index (χ4n) is 5.01. The summed E-state index contributed by atoms with van der Waals surface area (Å²) in [6, 6.07) is 7.79. The summed E-state index contributed by atoms with van der Waals surface area (Å²) in [6.45, 7) is 4.20. The summed E-state index contributed by atoms with van der Waals surface area (Å²) in [7, 11) is 0. The first-order valence-corrected chi connectivity index (χ1v) is 17.7. The van der Waals surface area contributed by atoms with Crippen LogP contribution in [0.2, 0.25) is 0 Å². The van der Waals surface area contributed by atoms with Gasteiger partial charge < -0.3 is 18.9 Å². The van der Waals surface area contributed by atoms with E-state index in [1.807, 2.05) is 0 Å². The van der Waals surface area contributed by atoms with E-state index in [9.17, 15) is 28.8 Å². The van der Waals surface area contributed by atoms with Crippen LogP contribution in [0.4, 0.5) is 9.59 Å². The maximum atomic E-state index is 13.3. The van der Waals surface area contributed by atoms with Crippen LogP contribution in [0.1, 0.15) is 158 Å². The van der Waals surface area contributed by atoms with E-state index in [4.69, 9.17) is 28.7 Å². The Morgan fingerprint density at radius 1 is 0.540 bits per heavy atom. The van der Waals surface area contributed by atoms with E-state index in [1.165, 1.54) is 36.4 Å². The molecule has 0 aliphatic heterocycles. The van der Waals surface area contributed by atoms with E-state index >= 15 is 0 Å². The summed E-state index contributed by atoms with van der Waals surface area (Å²) in [6.07, 6.45) is 10.1. The van der Waals surface area contributed by atoms with Gasteiger partial charge in [-0.2, -0.15) is 0 Å². The van der Waals surface area contributed by atoms with Crippen LogP contribution in [0.15, 0.2) is 36.4 Å². The number of ketones is 2. The Hall–Kier alpha value is -4.74. The number of rotatable bonds is 20. The van der Waals surface area contributed by atoms with Crippen LogP contribution >= 0.6 is 0 Å². The second kappa shape index (κ2) is 19.4. The Morgan fingerprint density at radius 2 is 0.920 bits per heavy atom. The van der Waals surface area contributed by atoms with E-state index in [0.717, 1.165) is 51.4 Å². The molecule has 12 nitrogen and oxygen atoms in total. The molecule has 50 heavy (non-hydrogen) atoms. The molecule has 0 atom stereocenters. The molecule has 0 bridgehead atoms. The highest BCUT2D eigenvalue weighted by Crippen LogP contribution is 2.29. The maximum Gasteiger partial charge on any atom is 0.514 e. The number of ether oxygens (including phenoxy) is 4. The highest BCUT2D eigenvalue weighted by atomic mass is 17.2. The zero-order valence-electron chi connectivity index (χ0n) is 28.8. The molecule has 2 fully saturated rings. The SMILES string of the molecule is CCCCCCCC(=O)c1ccc(OC(=O)OC2CC2)c(C(=O)OOC(=O)c2cc(C(=O)CCCCCCC)ccc2OC(=O)OC2CC2)c1. The highest BCUT2D eigenvalue weighted by molar-refractivity contribution is 6.02. The Labute approximate surface area is 292 Å². The molecular formula is C38H46O12. The molecule has 0 saturated heterocycles. The maximum absolute atomic E-state index is 13.3. The molecule has 4 rings (SSSR count). The van der Waals surface area contributed by atoms with Gasteiger partial charge in [0.1, 0.15) is 34.8 Å². The second-order valence-electron chi connectivity index (χ2n) is 12.7. The number of Topliss-reactive ketones (excluding diaryl/α,β-unsaturated/α-hetero) is 2. The lowest BCUT2D eigenvalue weighted by atomic mass is 10.0. The van der Waals surface area contributed by atoms with Crippen LogP contribution in [-0.4, -0.2) is 48.0 Å². The molecule has 0 spiro atoms. The summed E-state index contributed by atoms with van der Waals surface area (Å²) >= 11 is 0. The zero-order chi connectivity index (χ0) is 35.9. The van der Waals surface area contributed by atoms with Gasteiger partial charge in [-0.25, -0.2) is 29.0 Å². The number of unbranched alkanes of at least 4 members (excludes halogenated alkanes) is 8. The molecule has 2 aliphatic rings. The number of hydrogen-bond acceptors (Lipinski definition) is 12. The zero-order valence-corrected chi connectivity index (χ0v) is 28.8. The number of carbonyl (C=O) groups is 6. The van der Waals surface area contributed by atoms with E-state index in [0.29, 0.717) is 38.5 Å². The van der Waals surface area contributed by atoms with Gasteiger partial charge in [0, 0.05) is 24.0 Å². The van der Waals surface area contributed by atoms with Gasteiger partial charge in [-0.1, -0.05) is 65.2 Å². The van der Waals surface area contributed by atoms with Crippen LogP contribution in [0.25, 0.3) is 0 Å². The topological polar surface area (TPSA) is 158 Å². The van der Waals surface area contributed by atoms with Gasteiger partial charge in [0.2, 0.25) is 0 Å².